The number of oxazole rings is 1. The van der Waals surface area contributed by atoms with Crippen LogP contribution >= 0.6 is 0 Å². The van der Waals surface area contributed by atoms with E-state index in [0.29, 0.717) is 18.5 Å². The zero-order chi connectivity index (χ0) is 20.0. The Kier molecular flexibility index (Phi) is 4.39. The number of piperidine rings is 1. The number of fused-ring (bicyclic) bond motifs is 2. The molecule has 2 aromatic heterocycles. The van der Waals surface area contributed by atoms with Crippen LogP contribution in [-0.2, 0) is 23.0 Å². The van der Waals surface area contributed by atoms with E-state index in [1.807, 2.05) is 0 Å². The first-order chi connectivity index (χ1) is 14.0. The van der Waals surface area contributed by atoms with Crippen LogP contribution in [0.2, 0.25) is 0 Å². The minimum absolute atomic E-state index is 0.0991. The number of nitrogens with zero attached hydrogens (tertiary/aromatic N) is 4. The van der Waals surface area contributed by atoms with Crippen LogP contribution in [0.15, 0.2) is 38.5 Å². The van der Waals surface area contributed by atoms with Crippen LogP contribution in [0, 0.1) is 0 Å². The second kappa shape index (κ2) is 6.96. The number of aromatic nitrogens is 3. The molecule has 4 heterocycles. The Morgan fingerprint density at radius 3 is 2.76 bits per heavy atom. The Morgan fingerprint density at radius 2 is 1.93 bits per heavy atom. The van der Waals surface area contributed by atoms with Gasteiger partial charge in [0.15, 0.2) is 5.58 Å². The quantitative estimate of drug-likeness (QED) is 0.692. The first-order valence-corrected chi connectivity index (χ1v) is 11.2. The zero-order valence-corrected chi connectivity index (χ0v) is 16.6. The number of nitrogens with one attached hydrogen (secondary N) is 1. The normalized spacial score (nSPS) is 18.1. The second-order valence-corrected chi connectivity index (χ2v) is 9.39. The molecule has 0 unspecified atom stereocenters. The van der Waals surface area contributed by atoms with E-state index in [1.165, 1.54) is 22.9 Å². The monoisotopic (exact) mass is 415 g/mol. The molecule has 152 valence electrons. The number of H-pyrrole nitrogens is 1. The molecule has 10 heteroatoms. The Hall–Kier alpha value is -2.72. The van der Waals surface area contributed by atoms with Crippen LogP contribution in [0.3, 0.4) is 0 Å². The van der Waals surface area contributed by atoms with Gasteiger partial charge >= 0.3 is 5.76 Å². The molecule has 0 atom stereocenters. The van der Waals surface area contributed by atoms with Gasteiger partial charge in [0.2, 0.25) is 16.0 Å². The molecule has 0 spiro atoms. The third-order valence-electron chi connectivity index (χ3n) is 5.56. The van der Waals surface area contributed by atoms with E-state index < -0.39 is 15.8 Å². The van der Waals surface area contributed by atoms with E-state index in [1.54, 1.807) is 12.3 Å². The van der Waals surface area contributed by atoms with Gasteiger partial charge in [-0.3, -0.25) is 4.98 Å². The molecule has 5 rings (SSSR count). The Balaban J connectivity index is 1.40. The lowest BCUT2D eigenvalue weighted by molar-refractivity contribution is 0.386. The lowest BCUT2D eigenvalue weighted by Gasteiger charge is -2.30. The molecule has 9 nitrogen and oxygen atoms in total. The van der Waals surface area contributed by atoms with Gasteiger partial charge in [0.05, 0.1) is 16.1 Å². The molecule has 0 bridgehead atoms. The summed E-state index contributed by atoms with van der Waals surface area (Å²) in [7, 11) is -3.73. The van der Waals surface area contributed by atoms with Crippen molar-refractivity contribution in [3.05, 3.63) is 46.2 Å². The van der Waals surface area contributed by atoms with Gasteiger partial charge < -0.3 is 9.32 Å². The lowest BCUT2D eigenvalue weighted by Crippen LogP contribution is -2.37. The van der Waals surface area contributed by atoms with Gasteiger partial charge in [-0.2, -0.15) is 4.31 Å². The van der Waals surface area contributed by atoms with Gasteiger partial charge in [0.25, 0.3) is 0 Å². The summed E-state index contributed by atoms with van der Waals surface area (Å²) in [5.41, 5.74) is 2.44. The molecule has 2 aliphatic heterocycles. The molecule has 29 heavy (non-hydrogen) atoms. The summed E-state index contributed by atoms with van der Waals surface area (Å²) < 4.78 is 32.6. The Labute approximate surface area is 167 Å². The first-order valence-electron chi connectivity index (χ1n) is 9.73. The van der Waals surface area contributed by atoms with E-state index in [2.05, 4.69) is 14.9 Å². The van der Waals surface area contributed by atoms with E-state index in [4.69, 9.17) is 9.40 Å². The fourth-order valence-corrected chi connectivity index (χ4v) is 5.40. The van der Waals surface area contributed by atoms with Crippen molar-refractivity contribution in [2.45, 2.75) is 37.1 Å². The third kappa shape index (κ3) is 3.32. The van der Waals surface area contributed by atoms with Gasteiger partial charge in [0.1, 0.15) is 0 Å². The number of benzene rings is 1. The molecule has 1 fully saturated rings. The van der Waals surface area contributed by atoms with Crippen molar-refractivity contribution >= 4 is 27.1 Å². The first kappa shape index (κ1) is 18.3. The molecule has 1 N–H and O–H groups in total. The number of rotatable bonds is 3. The number of hydrogen-bond donors (Lipinski definition) is 1. The largest absolute Gasteiger partial charge is 0.417 e. The molecular weight excluding hydrogens is 394 g/mol. The predicted molar refractivity (Wildman–Crippen MR) is 106 cm³/mol. The summed E-state index contributed by atoms with van der Waals surface area (Å²) in [6.45, 7) is 2.52. The molecule has 2 aliphatic rings. The van der Waals surface area contributed by atoms with Gasteiger partial charge in [-0.25, -0.2) is 23.2 Å². The standard InChI is InChI=1S/C19H21N5O4S/c25-19-22-16-5-4-14(10-17(16)28-19)29(26,27)24-9-6-15-13(12-24)11-20-18(21-15)23-7-2-1-3-8-23/h4-5,10-11H,1-3,6-9,12H2,(H,22,25). The fraction of sp³-hybridized carbons (Fsp3) is 0.421. The Morgan fingerprint density at radius 1 is 1.10 bits per heavy atom. The minimum Gasteiger partial charge on any atom is -0.408 e. The summed E-state index contributed by atoms with van der Waals surface area (Å²) >= 11 is 0. The van der Waals surface area contributed by atoms with Crippen molar-refractivity contribution in [3.63, 3.8) is 0 Å². The summed E-state index contributed by atoms with van der Waals surface area (Å²) in [5.74, 6) is 0.135. The number of anilines is 1. The van der Waals surface area contributed by atoms with Crippen LogP contribution in [0.5, 0.6) is 0 Å². The molecule has 1 saturated heterocycles. The van der Waals surface area contributed by atoms with Gasteiger partial charge in [-0.15, -0.1) is 0 Å². The van der Waals surface area contributed by atoms with Crippen molar-refractivity contribution in [3.8, 4) is 0 Å². The number of hydrogen-bond acceptors (Lipinski definition) is 7. The zero-order valence-electron chi connectivity index (χ0n) is 15.8. The van der Waals surface area contributed by atoms with Crippen molar-refractivity contribution in [1.82, 2.24) is 19.3 Å². The lowest BCUT2D eigenvalue weighted by atomic mass is 10.1. The van der Waals surface area contributed by atoms with Gasteiger partial charge in [-0.05, 0) is 31.4 Å². The SMILES string of the molecule is O=c1[nH]c2ccc(S(=O)(=O)N3CCc4nc(N5CCCCC5)ncc4C3)cc2o1. The third-order valence-corrected chi connectivity index (χ3v) is 7.40. The molecular formula is C19H21N5O4S. The van der Waals surface area contributed by atoms with Crippen LogP contribution < -0.4 is 10.7 Å². The maximum atomic E-state index is 13.1. The fourth-order valence-electron chi connectivity index (χ4n) is 3.97. The van der Waals surface area contributed by atoms with Gasteiger partial charge in [-0.1, -0.05) is 0 Å². The van der Waals surface area contributed by atoms with Gasteiger partial charge in [0, 0.05) is 50.4 Å². The van der Waals surface area contributed by atoms with E-state index in [-0.39, 0.29) is 17.0 Å². The highest BCUT2D eigenvalue weighted by molar-refractivity contribution is 7.89. The highest BCUT2D eigenvalue weighted by Gasteiger charge is 2.30. The summed E-state index contributed by atoms with van der Waals surface area (Å²) in [6, 6.07) is 4.40. The van der Waals surface area contributed by atoms with Crippen LogP contribution in [-0.4, -0.2) is 47.3 Å². The maximum absolute atomic E-state index is 13.1. The predicted octanol–water partition coefficient (Wildman–Crippen LogP) is 1.65. The molecule has 0 radical (unpaired) electrons. The minimum atomic E-state index is -3.73. The summed E-state index contributed by atoms with van der Waals surface area (Å²) in [5, 5.41) is 0. The maximum Gasteiger partial charge on any atom is 0.417 e. The van der Waals surface area contributed by atoms with E-state index >= 15 is 0 Å². The average molecular weight is 415 g/mol. The van der Waals surface area contributed by atoms with Crippen molar-refractivity contribution in [2.75, 3.05) is 24.5 Å². The smallest absolute Gasteiger partial charge is 0.408 e. The molecule has 0 amide bonds. The van der Waals surface area contributed by atoms with E-state index in [0.717, 1.165) is 43.1 Å². The van der Waals surface area contributed by atoms with Crippen LogP contribution in [0.4, 0.5) is 5.95 Å². The van der Waals surface area contributed by atoms with E-state index in [9.17, 15) is 13.2 Å². The summed E-state index contributed by atoms with van der Waals surface area (Å²) in [4.78, 5) is 25.3. The number of sulfonamides is 1. The summed E-state index contributed by atoms with van der Waals surface area (Å²) in [6.07, 6.45) is 5.84. The molecule has 0 aliphatic carbocycles. The number of aromatic amines is 1. The van der Waals surface area contributed by atoms with Crippen molar-refractivity contribution in [1.29, 1.82) is 0 Å². The van der Waals surface area contributed by atoms with Crippen LogP contribution in [0.1, 0.15) is 30.5 Å². The topological polar surface area (TPSA) is 112 Å². The second-order valence-electron chi connectivity index (χ2n) is 7.45. The molecule has 3 aromatic rings. The van der Waals surface area contributed by atoms with Crippen molar-refractivity contribution < 1.29 is 12.8 Å². The average Bonchev–Trinajstić information content (AvgIpc) is 3.12. The Bertz CT molecular complexity index is 1230. The highest BCUT2D eigenvalue weighted by Crippen LogP contribution is 2.27. The van der Waals surface area contributed by atoms with Crippen LogP contribution in [0.25, 0.3) is 11.1 Å². The highest BCUT2D eigenvalue weighted by atomic mass is 32.2. The molecule has 1 aromatic carbocycles. The van der Waals surface area contributed by atoms with Crippen molar-refractivity contribution in [2.24, 2.45) is 0 Å². The molecule has 0 saturated carbocycles.